The molecule has 3 unspecified atom stereocenters. The summed E-state index contributed by atoms with van der Waals surface area (Å²) in [5.41, 5.74) is 1.96. The first-order valence-electron chi connectivity index (χ1n) is 8.16. The Kier molecular flexibility index (Phi) is 4.52. The zero-order chi connectivity index (χ0) is 15.5. The molecule has 22 heavy (non-hydrogen) atoms. The van der Waals surface area contributed by atoms with Gasteiger partial charge in [-0.15, -0.1) is 0 Å². The number of aromatic hydroxyl groups is 1. The van der Waals surface area contributed by atoms with Crippen molar-refractivity contribution in [2.45, 2.75) is 50.7 Å². The minimum absolute atomic E-state index is 0.0287. The lowest BCUT2D eigenvalue weighted by atomic mass is 9.87. The van der Waals surface area contributed by atoms with Gasteiger partial charge in [-0.1, -0.05) is 18.6 Å². The molecule has 2 aliphatic carbocycles. The zero-order valence-electron chi connectivity index (χ0n) is 12.7. The number of carbonyl (C=O) groups excluding carboxylic acids is 1. The maximum Gasteiger partial charge on any atom is 0.315 e. The average Bonchev–Trinajstić information content (AvgIpc) is 2.90. The van der Waals surface area contributed by atoms with Crippen LogP contribution in [0.1, 0.15) is 49.3 Å². The van der Waals surface area contributed by atoms with E-state index in [4.69, 9.17) is 0 Å². The highest BCUT2D eigenvalue weighted by Crippen LogP contribution is 2.36. The molecule has 1 fully saturated rings. The Morgan fingerprint density at radius 3 is 2.95 bits per heavy atom. The summed E-state index contributed by atoms with van der Waals surface area (Å²) >= 11 is 0. The third kappa shape index (κ3) is 3.35. The number of benzene rings is 1. The lowest BCUT2D eigenvalue weighted by molar-refractivity contribution is 0.101. The molecule has 5 heteroatoms. The number of hydrogen-bond donors (Lipinski definition) is 4. The molecule has 0 aliphatic heterocycles. The molecule has 0 bridgehead atoms. The summed E-state index contributed by atoms with van der Waals surface area (Å²) in [7, 11) is 0. The van der Waals surface area contributed by atoms with Crippen LogP contribution in [0.25, 0.3) is 0 Å². The van der Waals surface area contributed by atoms with Gasteiger partial charge in [0.1, 0.15) is 5.75 Å². The molecule has 0 aromatic heterocycles. The van der Waals surface area contributed by atoms with Crippen LogP contribution in [-0.2, 0) is 6.42 Å². The molecule has 3 rings (SSSR count). The van der Waals surface area contributed by atoms with Crippen LogP contribution >= 0.6 is 0 Å². The van der Waals surface area contributed by atoms with Gasteiger partial charge in [-0.2, -0.15) is 0 Å². The Labute approximate surface area is 130 Å². The summed E-state index contributed by atoms with van der Waals surface area (Å²) in [5.74, 6) is 0.688. The molecule has 4 N–H and O–H groups in total. The number of phenols is 1. The fourth-order valence-electron chi connectivity index (χ4n) is 3.68. The van der Waals surface area contributed by atoms with Crippen molar-refractivity contribution in [3.05, 3.63) is 29.3 Å². The predicted molar refractivity (Wildman–Crippen MR) is 83.7 cm³/mol. The quantitative estimate of drug-likeness (QED) is 0.691. The van der Waals surface area contributed by atoms with E-state index < -0.39 is 0 Å². The van der Waals surface area contributed by atoms with Gasteiger partial charge < -0.3 is 20.8 Å². The van der Waals surface area contributed by atoms with Crippen LogP contribution in [-0.4, -0.2) is 28.9 Å². The fourth-order valence-corrected chi connectivity index (χ4v) is 3.68. The number of aliphatic hydroxyl groups is 1. The van der Waals surface area contributed by atoms with Gasteiger partial charge in [-0.05, 0) is 55.2 Å². The highest BCUT2D eigenvalue weighted by molar-refractivity contribution is 5.74. The van der Waals surface area contributed by atoms with E-state index in [1.54, 1.807) is 6.07 Å². The summed E-state index contributed by atoms with van der Waals surface area (Å²) in [5, 5.41) is 25.4. The van der Waals surface area contributed by atoms with E-state index in [0.29, 0.717) is 18.2 Å². The number of amides is 2. The Bertz CT molecular complexity index is 547. The van der Waals surface area contributed by atoms with Crippen LogP contribution in [0.15, 0.2) is 18.2 Å². The Hall–Kier alpha value is -1.75. The van der Waals surface area contributed by atoms with Gasteiger partial charge in [0.15, 0.2) is 0 Å². The largest absolute Gasteiger partial charge is 0.508 e. The summed E-state index contributed by atoms with van der Waals surface area (Å²) in [6, 6.07) is 5.27. The number of carbonyl (C=O) groups is 1. The molecule has 120 valence electrons. The second-order valence-electron chi connectivity index (χ2n) is 6.48. The lowest BCUT2D eigenvalue weighted by Crippen LogP contribution is -2.40. The summed E-state index contributed by atoms with van der Waals surface area (Å²) in [4.78, 5) is 12.1. The number of nitrogens with one attached hydrogen (secondary N) is 2. The first kappa shape index (κ1) is 15.2. The molecular weight excluding hydrogens is 280 g/mol. The molecule has 1 aromatic carbocycles. The standard InChI is InChI=1S/C17H24N2O3/c20-12-4-1-3-11(9-12)10-18-17(22)19-15-8-7-14-13(15)5-2-6-16(14)21/h2,5-6,11-12,15,20-21H,1,3-4,7-10H2,(H2,18,19,22). The van der Waals surface area contributed by atoms with Crippen molar-refractivity contribution in [3.63, 3.8) is 0 Å². The number of urea groups is 1. The molecule has 1 aromatic rings. The van der Waals surface area contributed by atoms with Crippen molar-refractivity contribution in [2.75, 3.05) is 6.54 Å². The van der Waals surface area contributed by atoms with Crippen LogP contribution < -0.4 is 10.6 Å². The number of phenolic OH excluding ortho intramolecular Hbond substituents is 1. The lowest BCUT2D eigenvalue weighted by Gasteiger charge is -2.26. The zero-order valence-corrected chi connectivity index (χ0v) is 12.7. The maximum atomic E-state index is 12.1. The first-order valence-corrected chi connectivity index (χ1v) is 8.16. The summed E-state index contributed by atoms with van der Waals surface area (Å²) < 4.78 is 0. The van der Waals surface area contributed by atoms with Crippen LogP contribution in [0.4, 0.5) is 4.79 Å². The fraction of sp³-hybridized carbons (Fsp3) is 0.588. The van der Waals surface area contributed by atoms with Gasteiger partial charge in [-0.25, -0.2) is 4.79 Å². The van der Waals surface area contributed by atoms with E-state index in [-0.39, 0.29) is 18.2 Å². The minimum atomic E-state index is -0.215. The second kappa shape index (κ2) is 6.57. The Morgan fingerprint density at radius 1 is 1.27 bits per heavy atom. The summed E-state index contributed by atoms with van der Waals surface area (Å²) in [6.45, 7) is 0.614. The van der Waals surface area contributed by atoms with Gasteiger partial charge >= 0.3 is 6.03 Å². The maximum absolute atomic E-state index is 12.1. The monoisotopic (exact) mass is 304 g/mol. The van der Waals surface area contributed by atoms with Crippen LogP contribution in [0.5, 0.6) is 5.75 Å². The molecular formula is C17H24N2O3. The topological polar surface area (TPSA) is 81.6 Å². The average molecular weight is 304 g/mol. The molecule has 0 heterocycles. The summed E-state index contributed by atoms with van der Waals surface area (Å²) in [6.07, 6.45) is 5.16. The first-order chi connectivity index (χ1) is 10.6. The van der Waals surface area contributed by atoms with Crippen molar-refractivity contribution < 1.29 is 15.0 Å². The third-order valence-corrected chi connectivity index (χ3v) is 4.86. The number of rotatable bonds is 3. The van der Waals surface area contributed by atoms with Crippen molar-refractivity contribution in [3.8, 4) is 5.75 Å². The van der Waals surface area contributed by atoms with Gasteiger partial charge in [-0.3, -0.25) is 0 Å². The highest BCUT2D eigenvalue weighted by atomic mass is 16.3. The van der Waals surface area contributed by atoms with E-state index >= 15 is 0 Å². The normalized spacial score (nSPS) is 27.2. The molecule has 5 nitrogen and oxygen atoms in total. The van der Waals surface area contributed by atoms with Gasteiger partial charge in [0.25, 0.3) is 0 Å². The van der Waals surface area contributed by atoms with Crippen LogP contribution in [0.2, 0.25) is 0 Å². The van der Waals surface area contributed by atoms with Crippen LogP contribution in [0, 0.1) is 5.92 Å². The second-order valence-corrected chi connectivity index (χ2v) is 6.48. The van der Waals surface area contributed by atoms with Gasteiger partial charge in [0.05, 0.1) is 12.1 Å². The number of fused-ring (bicyclic) bond motifs is 1. The van der Waals surface area contributed by atoms with E-state index in [1.165, 1.54) is 0 Å². The molecule has 0 spiro atoms. The molecule has 2 amide bonds. The highest BCUT2D eigenvalue weighted by Gasteiger charge is 2.26. The number of aliphatic hydroxyl groups excluding tert-OH is 1. The van der Waals surface area contributed by atoms with Crippen molar-refractivity contribution in [2.24, 2.45) is 5.92 Å². The molecule has 3 atom stereocenters. The van der Waals surface area contributed by atoms with Gasteiger partial charge in [0, 0.05) is 6.54 Å². The number of hydrogen-bond acceptors (Lipinski definition) is 3. The van der Waals surface area contributed by atoms with E-state index in [0.717, 1.165) is 49.7 Å². The Balaban J connectivity index is 1.50. The van der Waals surface area contributed by atoms with Crippen molar-refractivity contribution in [1.82, 2.24) is 10.6 Å². The smallest absolute Gasteiger partial charge is 0.315 e. The van der Waals surface area contributed by atoms with Crippen molar-refractivity contribution >= 4 is 6.03 Å². The molecule has 1 saturated carbocycles. The van der Waals surface area contributed by atoms with Gasteiger partial charge in [0.2, 0.25) is 0 Å². The Morgan fingerprint density at radius 2 is 2.14 bits per heavy atom. The predicted octanol–water partition coefficient (Wildman–Crippen LogP) is 2.23. The molecule has 0 radical (unpaired) electrons. The van der Waals surface area contributed by atoms with Crippen LogP contribution in [0.3, 0.4) is 0 Å². The van der Waals surface area contributed by atoms with E-state index in [9.17, 15) is 15.0 Å². The van der Waals surface area contributed by atoms with E-state index in [2.05, 4.69) is 10.6 Å². The SMILES string of the molecule is O=C(NCC1CCCC(O)C1)NC1CCc2c(O)cccc21. The van der Waals surface area contributed by atoms with Crippen molar-refractivity contribution in [1.29, 1.82) is 0 Å². The van der Waals surface area contributed by atoms with E-state index in [1.807, 2.05) is 12.1 Å². The molecule has 0 saturated heterocycles. The molecule has 2 aliphatic rings. The third-order valence-electron chi connectivity index (χ3n) is 4.86. The minimum Gasteiger partial charge on any atom is -0.508 e.